The van der Waals surface area contributed by atoms with Crippen LogP contribution in [-0.2, 0) is 11.2 Å². The smallest absolute Gasteiger partial charge is 0.225 e. The van der Waals surface area contributed by atoms with E-state index in [-0.39, 0.29) is 11.8 Å². The Hall–Kier alpha value is -1.31. The molecule has 0 saturated heterocycles. The quantitative estimate of drug-likeness (QED) is 0.762. The average molecular weight is 219 g/mol. The van der Waals surface area contributed by atoms with Gasteiger partial charge in [0.25, 0.3) is 0 Å². The Morgan fingerprint density at radius 3 is 2.25 bits per heavy atom. The van der Waals surface area contributed by atoms with Gasteiger partial charge in [-0.1, -0.05) is 36.8 Å². The Morgan fingerprint density at radius 1 is 1.25 bits per heavy atom. The highest BCUT2D eigenvalue weighted by Crippen LogP contribution is 2.14. The van der Waals surface area contributed by atoms with Gasteiger partial charge >= 0.3 is 0 Å². The first-order chi connectivity index (χ1) is 7.54. The molecule has 0 aliphatic carbocycles. The van der Waals surface area contributed by atoms with E-state index in [1.54, 1.807) is 4.90 Å². The predicted octanol–water partition coefficient (Wildman–Crippen LogP) is 2.65. The molecule has 1 aromatic carbocycles. The lowest BCUT2D eigenvalue weighted by Gasteiger charge is -2.19. The molecule has 1 rings (SSSR count). The van der Waals surface area contributed by atoms with Crippen molar-refractivity contribution in [2.75, 3.05) is 14.1 Å². The average Bonchev–Trinajstić information content (AvgIpc) is 2.27. The molecule has 1 amide bonds. The van der Waals surface area contributed by atoms with E-state index in [1.165, 1.54) is 11.1 Å². The van der Waals surface area contributed by atoms with Gasteiger partial charge in [0.2, 0.25) is 5.91 Å². The van der Waals surface area contributed by atoms with Crippen molar-refractivity contribution < 1.29 is 4.79 Å². The summed E-state index contributed by atoms with van der Waals surface area (Å²) < 4.78 is 0. The van der Waals surface area contributed by atoms with Crippen molar-refractivity contribution in [1.29, 1.82) is 0 Å². The molecule has 1 aromatic rings. The predicted molar refractivity (Wildman–Crippen MR) is 67.4 cm³/mol. The number of aryl methyl sites for hydroxylation is 1. The van der Waals surface area contributed by atoms with Crippen molar-refractivity contribution in [1.82, 2.24) is 4.90 Å². The van der Waals surface area contributed by atoms with Gasteiger partial charge in [0.15, 0.2) is 0 Å². The number of nitrogens with zero attached hydrogens (tertiary/aromatic N) is 1. The van der Waals surface area contributed by atoms with Crippen LogP contribution in [0.3, 0.4) is 0 Å². The second-order valence-corrected chi connectivity index (χ2v) is 4.53. The first-order valence-corrected chi connectivity index (χ1v) is 5.81. The van der Waals surface area contributed by atoms with E-state index < -0.39 is 0 Å². The van der Waals surface area contributed by atoms with Gasteiger partial charge in [-0.2, -0.15) is 0 Å². The van der Waals surface area contributed by atoms with E-state index in [1.807, 2.05) is 14.1 Å². The van der Waals surface area contributed by atoms with E-state index in [0.29, 0.717) is 0 Å². The highest BCUT2D eigenvalue weighted by molar-refractivity contribution is 5.78. The van der Waals surface area contributed by atoms with E-state index in [0.717, 1.165) is 12.8 Å². The summed E-state index contributed by atoms with van der Waals surface area (Å²) in [7, 11) is 3.64. The zero-order valence-corrected chi connectivity index (χ0v) is 10.7. The summed E-state index contributed by atoms with van der Waals surface area (Å²) in [5.41, 5.74) is 2.50. The minimum Gasteiger partial charge on any atom is -0.349 e. The summed E-state index contributed by atoms with van der Waals surface area (Å²) in [6.07, 6.45) is 1.73. The van der Waals surface area contributed by atoms with Gasteiger partial charge in [0.05, 0.1) is 0 Å². The monoisotopic (exact) mass is 219 g/mol. The van der Waals surface area contributed by atoms with Gasteiger partial charge in [0.1, 0.15) is 0 Å². The van der Waals surface area contributed by atoms with Crippen molar-refractivity contribution in [2.24, 2.45) is 5.92 Å². The highest BCUT2D eigenvalue weighted by Gasteiger charge is 2.18. The van der Waals surface area contributed by atoms with Crippen LogP contribution in [0.25, 0.3) is 0 Å². The molecule has 0 fully saturated rings. The van der Waals surface area contributed by atoms with Crippen LogP contribution in [0.4, 0.5) is 0 Å². The molecular weight excluding hydrogens is 198 g/mol. The largest absolute Gasteiger partial charge is 0.349 e. The SMILES string of the molecule is CCC(Cc1ccc(C)cc1)C(=O)N(C)C. The van der Waals surface area contributed by atoms with E-state index in [9.17, 15) is 4.79 Å². The van der Waals surface area contributed by atoms with E-state index in [4.69, 9.17) is 0 Å². The lowest BCUT2D eigenvalue weighted by molar-refractivity contribution is -0.133. The van der Waals surface area contributed by atoms with E-state index in [2.05, 4.69) is 38.1 Å². The van der Waals surface area contributed by atoms with Crippen LogP contribution < -0.4 is 0 Å². The van der Waals surface area contributed by atoms with Crippen LogP contribution >= 0.6 is 0 Å². The molecule has 0 saturated carbocycles. The van der Waals surface area contributed by atoms with Crippen molar-refractivity contribution in [2.45, 2.75) is 26.7 Å². The molecule has 0 aliphatic rings. The van der Waals surface area contributed by atoms with E-state index >= 15 is 0 Å². The van der Waals surface area contributed by atoms with Gasteiger partial charge in [-0.25, -0.2) is 0 Å². The summed E-state index contributed by atoms with van der Waals surface area (Å²) in [4.78, 5) is 13.6. The molecule has 88 valence electrons. The number of rotatable bonds is 4. The number of hydrogen-bond acceptors (Lipinski definition) is 1. The molecule has 0 radical (unpaired) electrons. The van der Waals surface area contributed by atoms with Crippen LogP contribution in [0.5, 0.6) is 0 Å². The molecule has 0 spiro atoms. The van der Waals surface area contributed by atoms with Crippen molar-refractivity contribution in [3.05, 3.63) is 35.4 Å². The van der Waals surface area contributed by atoms with Crippen LogP contribution in [-0.4, -0.2) is 24.9 Å². The topological polar surface area (TPSA) is 20.3 Å². The van der Waals surface area contributed by atoms with Crippen LogP contribution in [0.15, 0.2) is 24.3 Å². The lowest BCUT2D eigenvalue weighted by Crippen LogP contribution is -2.30. The second-order valence-electron chi connectivity index (χ2n) is 4.53. The first kappa shape index (κ1) is 12.8. The maximum atomic E-state index is 11.9. The van der Waals surface area contributed by atoms with Gasteiger partial charge in [0, 0.05) is 20.0 Å². The first-order valence-electron chi connectivity index (χ1n) is 5.81. The molecule has 2 heteroatoms. The summed E-state index contributed by atoms with van der Waals surface area (Å²) >= 11 is 0. The Bertz CT molecular complexity index is 340. The Kier molecular flexibility index (Phi) is 4.53. The maximum absolute atomic E-state index is 11.9. The minimum atomic E-state index is 0.109. The number of carbonyl (C=O) groups excluding carboxylic acids is 1. The fourth-order valence-corrected chi connectivity index (χ4v) is 1.78. The molecular formula is C14H21NO. The van der Waals surface area contributed by atoms with Crippen LogP contribution in [0.1, 0.15) is 24.5 Å². The van der Waals surface area contributed by atoms with Gasteiger partial charge in [-0.15, -0.1) is 0 Å². The Morgan fingerprint density at radius 2 is 1.81 bits per heavy atom. The van der Waals surface area contributed by atoms with Gasteiger partial charge in [-0.3, -0.25) is 4.79 Å². The van der Waals surface area contributed by atoms with Crippen molar-refractivity contribution in [3.8, 4) is 0 Å². The summed E-state index contributed by atoms with van der Waals surface area (Å²) in [5, 5.41) is 0. The molecule has 0 aliphatic heterocycles. The minimum absolute atomic E-state index is 0.109. The zero-order chi connectivity index (χ0) is 12.1. The third kappa shape index (κ3) is 3.37. The third-order valence-electron chi connectivity index (χ3n) is 2.89. The zero-order valence-electron chi connectivity index (χ0n) is 10.7. The number of benzene rings is 1. The fourth-order valence-electron chi connectivity index (χ4n) is 1.78. The molecule has 16 heavy (non-hydrogen) atoms. The molecule has 1 unspecified atom stereocenters. The number of amides is 1. The molecule has 0 aromatic heterocycles. The normalized spacial score (nSPS) is 12.2. The summed E-state index contributed by atoms with van der Waals surface area (Å²) in [6.45, 7) is 4.15. The molecule has 0 heterocycles. The fraction of sp³-hybridized carbons (Fsp3) is 0.500. The molecule has 2 nitrogen and oxygen atoms in total. The highest BCUT2D eigenvalue weighted by atomic mass is 16.2. The Balaban J connectivity index is 2.70. The molecule has 0 bridgehead atoms. The van der Waals surface area contributed by atoms with Crippen LogP contribution in [0.2, 0.25) is 0 Å². The third-order valence-corrected chi connectivity index (χ3v) is 2.89. The molecule has 0 N–H and O–H groups in total. The number of hydrogen-bond donors (Lipinski definition) is 0. The van der Waals surface area contributed by atoms with Gasteiger partial charge < -0.3 is 4.90 Å². The van der Waals surface area contributed by atoms with Crippen molar-refractivity contribution in [3.63, 3.8) is 0 Å². The van der Waals surface area contributed by atoms with Crippen LogP contribution in [0, 0.1) is 12.8 Å². The molecule has 1 atom stereocenters. The van der Waals surface area contributed by atoms with Gasteiger partial charge in [-0.05, 0) is 25.3 Å². The standard InChI is InChI=1S/C14H21NO/c1-5-13(14(16)15(3)4)10-12-8-6-11(2)7-9-12/h6-9,13H,5,10H2,1-4H3. The number of carbonyl (C=O) groups is 1. The summed E-state index contributed by atoms with van der Waals surface area (Å²) in [6, 6.07) is 8.42. The maximum Gasteiger partial charge on any atom is 0.225 e. The van der Waals surface area contributed by atoms with Crippen molar-refractivity contribution >= 4 is 5.91 Å². The Labute approximate surface area is 98.3 Å². The lowest BCUT2D eigenvalue weighted by atomic mass is 9.95. The second kappa shape index (κ2) is 5.69. The summed E-state index contributed by atoms with van der Waals surface area (Å²) in [5.74, 6) is 0.334.